The quantitative estimate of drug-likeness (QED) is 0.0286. The van der Waals surface area contributed by atoms with Gasteiger partial charge >= 0.3 is 0 Å². The van der Waals surface area contributed by atoms with Crippen molar-refractivity contribution in [1.82, 2.24) is 83.3 Å². The summed E-state index contributed by atoms with van der Waals surface area (Å²) in [6.07, 6.45) is 5.93. The zero-order chi connectivity index (χ0) is 89.3. The number of para-hydroxylation sites is 1. The van der Waals surface area contributed by atoms with E-state index < -0.39 is 215 Å². The summed E-state index contributed by atoms with van der Waals surface area (Å²) in [4.78, 5) is 205. The first kappa shape index (κ1) is 104. The van der Waals surface area contributed by atoms with Crippen LogP contribution >= 0.6 is 25.3 Å². The van der Waals surface area contributed by atoms with Gasteiger partial charge in [0.1, 0.15) is 73.1 Å². The number of hydrogen-bond acceptors (Lipinski definition) is 23. The molecular formula is C80H138N20O17S3. The van der Waals surface area contributed by atoms with E-state index in [0.717, 1.165) is 15.2 Å². The van der Waals surface area contributed by atoms with Gasteiger partial charge < -0.3 is 107 Å². The molecule has 37 nitrogen and oxygen atoms in total. The predicted octanol–water partition coefficient (Wildman–Crippen LogP) is -1.49. The maximum absolute atomic E-state index is 15.1. The van der Waals surface area contributed by atoms with Crippen molar-refractivity contribution >= 4 is 129 Å². The summed E-state index contributed by atoms with van der Waals surface area (Å²) in [5.41, 5.74) is 24.9. The number of H-pyrrole nitrogens is 1. The van der Waals surface area contributed by atoms with Gasteiger partial charge in [-0.25, -0.2) is 8.42 Å². The highest BCUT2D eigenvalue weighted by Gasteiger charge is 2.40. The van der Waals surface area contributed by atoms with E-state index in [0.29, 0.717) is 69.8 Å². The van der Waals surface area contributed by atoms with Gasteiger partial charge in [0.25, 0.3) is 0 Å². The highest BCUT2D eigenvalue weighted by Crippen LogP contribution is 2.24. The van der Waals surface area contributed by atoms with Gasteiger partial charge in [-0.2, -0.15) is 29.6 Å². The fourth-order valence-corrected chi connectivity index (χ4v) is 15.7. The number of rotatable bonds is 33. The molecule has 1 aromatic heterocycles. The molecule has 2 fully saturated rings. The Hall–Kier alpha value is -8.25. The van der Waals surface area contributed by atoms with Crippen LogP contribution in [-0.4, -0.2) is 267 Å². The molecule has 0 radical (unpaired) electrons. The molecule has 13 atom stereocenters. The number of nitrogens with zero attached hydrogens (tertiary/aromatic N) is 2. The molecule has 2 aliphatic rings. The number of amides is 14. The van der Waals surface area contributed by atoms with Crippen molar-refractivity contribution in [3.63, 3.8) is 0 Å². The summed E-state index contributed by atoms with van der Waals surface area (Å²) < 4.78 is 36.0. The average Bonchev–Trinajstić information content (AvgIpc) is 1.66. The third-order valence-corrected chi connectivity index (χ3v) is 23.4. The monoisotopic (exact) mass is 1750 g/mol. The number of benzene rings is 1. The Morgan fingerprint density at radius 3 is 1.59 bits per heavy atom. The molecule has 120 heavy (non-hydrogen) atoms. The van der Waals surface area contributed by atoms with Crippen LogP contribution in [0.15, 0.2) is 30.5 Å². The van der Waals surface area contributed by atoms with Gasteiger partial charge in [-0.3, -0.25) is 67.1 Å². The number of hydrogen-bond donors (Lipinski definition) is 20. The van der Waals surface area contributed by atoms with E-state index in [-0.39, 0.29) is 114 Å². The molecule has 3 heterocycles. The van der Waals surface area contributed by atoms with Crippen LogP contribution in [0.5, 0.6) is 0 Å². The van der Waals surface area contributed by atoms with Gasteiger partial charge in [0.15, 0.2) is 0 Å². The number of nitrogens with two attached hydrogens (primary N) is 4. The van der Waals surface area contributed by atoms with Crippen LogP contribution in [0, 0.1) is 23.7 Å². The lowest BCUT2D eigenvalue weighted by atomic mass is 9.98. The minimum absolute atomic E-state index is 0.00257. The second-order valence-electron chi connectivity index (χ2n) is 32.5. The van der Waals surface area contributed by atoms with Crippen LogP contribution in [-0.2, 0) is 88.3 Å². The van der Waals surface area contributed by atoms with Crippen LogP contribution in [0.4, 0.5) is 0 Å². The van der Waals surface area contributed by atoms with Gasteiger partial charge in [0.05, 0.1) is 31.0 Å². The summed E-state index contributed by atoms with van der Waals surface area (Å²) >= 11 is 8.21. The Balaban J connectivity index is 1.83. The Morgan fingerprint density at radius 1 is 0.567 bits per heavy atom. The molecule has 0 aliphatic carbocycles. The number of sulfonamides is 1. The first-order chi connectivity index (χ1) is 56.9. The largest absolute Gasteiger partial charge is 0.370 e. The Bertz CT molecular complexity index is 3780. The minimum Gasteiger partial charge on any atom is -0.370 e. The molecular weight excluding hydrogens is 1610 g/mol. The molecule has 2 aromatic rings. The zero-order valence-electron chi connectivity index (χ0n) is 71.6. The molecule has 1 aromatic carbocycles. The predicted molar refractivity (Wildman–Crippen MR) is 463 cm³/mol. The normalized spacial score (nSPS) is 24.0. The number of carbonyl (C=O) groups is 14. The maximum Gasteiger partial charge on any atom is 0.246 e. The lowest BCUT2D eigenvalue weighted by molar-refractivity contribution is -0.139. The molecule has 678 valence electrons. The molecule has 2 aliphatic heterocycles. The van der Waals surface area contributed by atoms with Gasteiger partial charge in [0, 0.05) is 61.2 Å². The average molecular weight is 1750 g/mol. The fourth-order valence-electron chi connectivity index (χ4n) is 13.9. The molecule has 40 heteroatoms. The number of thiol groups is 2. The smallest absolute Gasteiger partial charge is 0.246 e. The van der Waals surface area contributed by atoms with Gasteiger partial charge in [-0.1, -0.05) is 93.4 Å². The highest BCUT2D eigenvalue weighted by atomic mass is 32.2. The van der Waals surface area contributed by atoms with E-state index in [1.54, 1.807) is 52.6 Å². The Kier molecular flexibility index (Phi) is 47.1. The van der Waals surface area contributed by atoms with Crippen LogP contribution in [0.25, 0.3) is 10.9 Å². The summed E-state index contributed by atoms with van der Waals surface area (Å²) in [5, 5.41) is 36.1. The molecule has 4 rings (SSSR count). The number of aromatic nitrogens is 1. The number of aromatic amines is 1. The number of fused-ring (bicyclic) bond motifs is 2. The van der Waals surface area contributed by atoms with Crippen molar-refractivity contribution in [2.24, 2.45) is 46.6 Å². The van der Waals surface area contributed by atoms with Gasteiger partial charge in [0.2, 0.25) is 92.7 Å². The third kappa shape index (κ3) is 35.7. The van der Waals surface area contributed by atoms with E-state index in [1.165, 1.54) is 6.92 Å². The number of nitrogens with one attached hydrogen (secondary N) is 14. The van der Waals surface area contributed by atoms with E-state index >= 15 is 4.79 Å². The summed E-state index contributed by atoms with van der Waals surface area (Å²) in [6, 6.07) is -8.41. The van der Waals surface area contributed by atoms with Crippen molar-refractivity contribution in [1.29, 1.82) is 0 Å². The van der Waals surface area contributed by atoms with E-state index in [1.807, 2.05) is 45.0 Å². The number of ether oxygens (including phenoxy) is 1. The van der Waals surface area contributed by atoms with E-state index in [4.69, 9.17) is 27.7 Å². The first-order valence-electron chi connectivity index (χ1n) is 42.3. The maximum atomic E-state index is 15.1. The van der Waals surface area contributed by atoms with Crippen LogP contribution in [0.3, 0.4) is 0 Å². The third-order valence-electron chi connectivity index (χ3n) is 20.7. The second-order valence-corrected chi connectivity index (χ2v) is 35.3. The van der Waals surface area contributed by atoms with Crippen molar-refractivity contribution < 1.29 is 80.3 Å². The number of unbranched alkanes of at least 4 members (excludes halogenated alkanes) is 4. The second kappa shape index (κ2) is 54.3. The van der Waals surface area contributed by atoms with Crippen molar-refractivity contribution in [2.45, 2.75) is 263 Å². The first-order valence-corrected chi connectivity index (χ1v) is 45.2. The van der Waals surface area contributed by atoms with E-state index in [2.05, 4.69) is 99.4 Å². The van der Waals surface area contributed by atoms with Crippen LogP contribution < -0.4 is 92.1 Å². The Morgan fingerprint density at radius 2 is 1.06 bits per heavy atom. The molecule has 2 saturated heterocycles. The highest BCUT2D eigenvalue weighted by molar-refractivity contribution is 7.89. The molecule has 0 spiro atoms. The topological polar surface area (TPSA) is 565 Å². The van der Waals surface area contributed by atoms with Crippen molar-refractivity contribution in [3.8, 4) is 0 Å². The lowest BCUT2D eigenvalue weighted by Crippen LogP contribution is -2.61. The molecule has 0 saturated carbocycles. The van der Waals surface area contributed by atoms with Gasteiger partial charge in [-0.05, 0) is 158 Å². The van der Waals surface area contributed by atoms with Crippen molar-refractivity contribution in [3.05, 3.63) is 36.0 Å². The van der Waals surface area contributed by atoms with Crippen molar-refractivity contribution in [2.75, 3.05) is 82.8 Å². The van der Waals surface area contributed by atoms with Crippen LogP contribution in [0.1, 0.15) is 184 Å². The summed E-state index contributed by atoms with van der Waals surface area (Å²) in [6.45, 7) is 15.1. The zero-order valence-corrected chi connectivity index (χ0v) is 74.2. The molecule has 0 bridgehead atoms. The molecule has 22 N–H and O–H groups in total. The molecule has 14 amide bonds. The minimum atomic E-state index is -4.56. The molecule has 13 unspecified atom stereocenters. The summed E-state index contributed by atoms with van der Waals surface area (Å²) in [7, 11) is -4.56. The van der Waals surface area contributed by atoms with E-state index in [9.17, 15) is 70.7 Å². The fraction of sp³-hybridized carbons (Fsp3) is 0.725. The number of carbonyl (C=O) groups excluding carboxylic acids is 14. The van der Waals surface area contributed by atoms with Crippen LogP contribution in [0.2, 0.25) is 0 Å². The Labute approximate surface area is 717 Å². The summed E-state index contributed by atoms with van der Waals surface area (Å²) in [5.74, 6) is -13.2. The van der Waals surface area contributed by atoms with Gasteiger partial charge in [-0.15, -0.1) is 0 Å². The SMILES string of the molecule is CCCCC1NC(=O)CN(S(=O)(=O)CCCNC(=O)C(CS)NC(=O)C(N)CS)CCNC(=O)C(CCCCN)NC(=O)C(CC(C)C)NC(=O)C(CCCCN)NC(=O)C(CC(C)C)NC(=O)C(CCCCN)NC(=O)COCC2CCCN2C(=O)C(Cc2c[nH]c3ccccc23)NC(=O)C(C)NC(=O)C(C(C)C)NC(=O)C(C(C)C)NC1=O. The standard InChI is InChI=1S/C80H138N20O17S3/c1-11-12-25-58-75(109)97-68(50(8)9)79(113)98-67(49(6)7)78(112)88-51(10)69(103)95-63(40-52-41-87-56-26-14-13-24-54(52)56)80(114)100-35-21-23-53(100)43-117-44-66(102)90-59(28-16-19-31-82)73(107)93-62(39-48(4)5)77(111)92-60(29-17-20-32-83)74(108)94-61(38-47(2)3)76(110)91-57(27-15-18-30-81)71(105)86-34-36-99(42-65(101)89-58)120(115,116)37-22-33-85-72(106)64(46-119)96-70(104)55(84)45-118/h13-14,24,26,41,47-51,53,55,57-64,67-68,87,118-119H,11-12,15-23,25,27-40,42-46,81-84H2,1-10H3,(H,85,106)(H,86,105)(H,88,112)(H,89,101)(H,90,102)(H,91,110)(H,92,111)(H,93,107)(H,94,108)(H,95,103)(H,96,104)(H,97,109)(H,98,113). The lowest BCUT2D eigenvalue weighted by Gasteiger charge is -2.31.